The second-order valence-corrected chi connectivity index (χ2v) is 4.98. The minimum atomic E-state index is -0.457. The van der Waals surface area contributed by atoms with E-state index in [9.17, 15) is 4.39 Å². The Morgan fingerprint density at radius 2 is 2.05 bits per heavy atom. The van der Waals surface area contributed by atoms with Crippen molar-refractivity contribution in [2.75, 3.05) is 12.4 Å². The van der Waals surface area contributed by atoms with Crippen molar-refractivity contribution in [3.63, 3.8) is 0 Å². The Morgan fingerprint density at radius 3 is 2.77 bits per heavy atom. The van der Waals surface area contributed by atoms with Crippen molar-refractivity contribution < 1.29 is 9.13 Å². The number of hydrogen-bond donors (Lipinski definition) is 2. The van der Waals surface area contributed by atoms with Crippen molar-refractivity contribution >= 4 is 40.8 Å². The average molecular weight is 338 g/mol. The van der Waals surface area contributed by atoms with Gasteiger partial charge in [0.15, 0.2) is 5.11 Å². The van der Waals surface area contributed by atoms with Gasteiger partial charge in [-0.2, -0.15) is 5.10 Å². The molecule has 2 N–H and O–H groups in total. The lowest BCUT2D eigenvalue weighted by atomic mass is 10.2. The van der Waals surface area contributed by atoms with Crippen molar-refractivity contribution in [2.45, 2.75) is 0 Å². The first-order chi connectivity index (χ1) is 10.6. The summed E-state index contributed by atoms with van der Waals surface area (Å²) in [5, 5.41) is 7.32. The molecule has 0 aliphatic heterocycles. The van der Waals surface area contributed by atoms with Gasteiger partial charge in [-0.05, 0) is 36.5 Å². The van der Waals surface area contributed by atoms with E-state index in [0.29, 0.717) is 11.4 Å². The van der Waals surface area contributed by atoms with Crippen LogP contribution in [0.4, 0.5) is 10.1 Å². The first kappa shape index (κ1) is 16.2. The molecule has 0 aromatic heterocycles. The molecule has 0 amide bonds. The van der Waals surface area contributed by atoms with Crippen LogP contribution in [0.2, 0.25) is 5.02 Å². The van der Waals surface area contributed by atoms with E-state index in [1.54, 1.807) is 19.2 Å². The highest BCUT2D eigenvalue weighted by atomic mass is 35.5. The van der Waals surface area contributed by atoms with Gasteiger partial charge in [0.25, 0.3) is 0 Å². The average Bonchev–Trinajstić information content (AvgIpc) is 2.51. The second-order valence-electron chi connectivity index (χ2n) is 4.16. The maximum atomic E-state index is 13.6. The van der Waals surface area contributed by atoms with Gasteiger partial charge in [0.1, 0.15) is 11.6 Å². The SMILES string of the molecule is COc1ccccc1NC(=S)N/N=C/c1c(F)cccc1Cl. The molecule has 0 atom stereocenters. The van der Waals surface area contributed by atoms with E-state index in [4.69, 9.17) is 28.6 Å². The fourth-order valence-electron chi connectivity index (χ4n) is 1.69. The number of para-hydroxylation sites is 2. The third-order valence-electron chi connectivity index (χ3n) is 2.71. The lowest BCUT2D eigenvalue weighted by Crippen LogP contribution is -2.24. The number of hydrazone groups is 1. The largest absolute Gasteiger partial charge is 0.495 e. The number of halogens is 2. The summed E-state index contributed by atoms with van der Waals surface area (Å²) in [5.41, 5.74) is 3.48. The third-order valence-corrected chi connectivity index (χ3v) is 3.24. The molecule has 0 heterocycles. The normalized spacial score (nSPS) is 10.5. The van der Waals surface area contributed by atoms with Gasteiger partial charge in [0, 0.05) is 5.56 Å². The van der Waals surface area contributed by atoms with Gasteiger partial charge in [0.2, 0.25) is 0 Å². The van der Waals surface area contributed by atoms with Crippen LogP contribution in [-0.4, -0.2) is 18.4 Å². The highest BCUT2D eigenvalue weighted by Gasteiger charge is 2.05. The zero-order valence-electron chi connectivity index (χ0n) is 11.6. The molecular formula is C15H13ClFN3OS. The second kappa shape index (κ2) is 7.72. The van der Waals surface area contributed by atoms with Crippen molar-refractivity contribution in [3.05, 3.63) is 58.9 Å². The summed E-state index contributed by atoms with van der Waals surface area (Å²) < 4.78 is 18.7. The van der Waals surface area contributed by atoms with Crippen LogP contribution >= 0.6 is 23.8 Å². The summed E-state index contributed by atoms with van der Waals surface area (Å²) >= 11 is 11.0. The smallest absolute Gasteiger partial charge is 0.191 e. The molecule has 0 saturated carbocycles. The predicted octanol–water partition coefficient (Wildman–Crippen LogP) is 3.81. The molecule has 7 heteroatoms. The Kier molecular flexibility index (Phi) is 5.68. The van der Waals surface area contributed by atoms with Crippen LogP contribution in [0.3, 0.4) is 0 Å². The van der Waals surface area contributed by atoms with Crippen LogP contribution in [0.15, 0.2) is 47.6 Å². The summed E-state index contributed by atoms with van der Waals surface area (Å²) in [6.07, 6.45) is 1.27. The first-order valence-corrected chi connectivity index (χ1v) is 7.07. The predicted molar refractivity (Wildman–Crippen MR) is 91.4 cm³/mol. The van der Waals surface area contributed by atoms with Crippen LogP contribution in [0, 0.1) is 5.82 Å². The zero-order valence-corrected chi connectivity index (χ0v) is 13.2. The number of nitrogens with one attached hydrogen (secondary N) is 2. The number of benzene rings is 2. The maximum absolute atomic E-state index is 13.6. The molecule has 4 nitrogen and oxygen atoms in total. The summed E-state index contributed by atoms with van der Waals surface area (Å²) in [6, 6.07) is 11.7. The van der Waals surface area contributed by atoms with Gasteiger partial charge in [-0.1, -0.05) is 29.8 Å². The van der Waals surface area contributed by atoms with Crippen LogP contribution in [-0.2, 0) is 0 Å². The Hall–Kier alpha value is -2.18. The first-order valence-electron chi connectivity index (χ1n) is 6.29. The van der Waals surface area contributed by atoms with E-state index in [1.165, 1.54) is 18.3 Å². The quantitative estimate of drug-likeness (QED) is 0.506. The fourth-order valence-corrected chi connectivity index (χ4v) is 2.06. The van der Waals surface area contributed by atoms with E-state index in [0.717, 1.165) is 0 Å². The molecule has 0 fully saturated rings. The van der Waals surface area contributed by atoms with Crippen molar-refractivity contribution in [1.29, 1.82) is 0 Å². The molecule has 0 aliphatic carbocycles. The number of ether oxygens (including phenoxy) is 1. The summed E-state index contributed by atoms with van der Waals surface area (Å²) in [5.74, 6) is 0.189. The number of anilines is 1. The molecule has 2 aromatic carbocycles. The molecule has 2 rings (SSSR count). The lowest BCUT2D eigenvalue weighted by Gasteiger charge is -2.10. The molecule has 114 valence electrons. The van der Waals surface area contributed by atoms with Crippen LogP contribution in [0.25, 0.3) is 0 Å². The standard InChI is InChI=1S/C15H13ClFN3OS/c1-21-14-8-3-2-7-13(14)19-15(22)20-18-9-10-11(16)5-4-6-12(10)17/h2-9H,1H3,(H2,19,20,22)/b18-9+. The fraction of sp³-hybridized carbons (Fsp3) is 0.0667. The van der Waals surface area contributed by atoms with Crippen LogP contribution in [0.5, 0.6) is 5.75 Å². The maximum Gasteiger partial charge on any atom is 0.191 e. The Morgan fingerprint density at radius 1 is 1.27 bits per heavy atom. The minimum Gasteiger partial charge on any atom is -0.495 e. The van der Waals surface area contributed by atoms with Crippen molar-refractivity contribution in [1.82, 2.24) is 5.43 Å². The van der Waals surface area contributed by atoms with Gasteiger partial charge in [-0.15, -0.1) is 0 Å². The third kappa shape index (κ3) is 4.16. The number of thiocarbonyl (C=S) groups is 1. The summed E-state index contributed by atoms with van der Waals surface area (Å²) in [7, 11) is 1.56. The molecule has 0 bridgehead atoms. The number of methoxy groups -OCH3 is 1. The van der Waals surface area contributed by atoms with Crippen LogP contribution < -0.4 is 15.5 Å². The molecule has 22 heavy (non-hydrogen) atoms. The highest BCUT2D eigenvalue weighted by molar-refractivity contribution is 7.80. The number of nitrogens with zero attached hydrogens (tertiary/aromatic N) is 1. The monoisotopic (exact) mass is 337 g/mol. The van der Waals surface area contributed by atoms with E-state index in [1.807, 2.05) is 18.2 Å². The Balaban J connectivity index is 2.00. The molecule has 0 radical (unpaired) electrons. The molecule has 0 spiro atoms. The lowest BCUT2D eigenvalue weighted by molar-refractivity contribution is 0.417. The Bertz CT molecular complexity index is 689. The van der Waals surface area contributed by atoms with Gasteiger partial charge in [-0.3, -0.25) is 5.43 Å². The Labute approximate surface area is 137 Å². The van der Waals surface area contributed by atoms with E-state index >= 15 is 0 Å². The van der Waals surface area contributed by atoms with Gasteiger partial charge in [0.05, 0.1) is 24.0 Å². The summed E-state index contributed by atoms with van der Waals surface area (Å²) in [4.78, 5) is 0. The number of rotatable bonds is 4. The zero-order chi connectivity index (χ0) is 15.9. The summed E-state index contributed by atoms with van der Waals surface area (Å²) in [6.45, 7) is 0. The van der Waals surface area contributed by atoms with E-state index < -0.39 is 5.82 Å². The molecule has 0 saturated heterocycles. The highest BCUT2D eigenvalue weighted by Crippen LogP contribution is 2.22. The molecule has 2 aromatic rings. The molecular weight excluding hydrogens is 325 g/mol. The molecule has 0 aliphatic rings. The molecule has 0 unspecified atom stereocenters. The van der Waals surface area contributed by atoms with E-state index in [2.05, 4.69) is 15.8 Å². The minimum absolute atomic E-state index is 0.191. The van der Waals surface area contributed by atoms with Gasteiger partial charge >= 0.3 is 0 Å². The van der Waals surface area contributed by atoms with Gasteiger partial charge in [-0.25, -0.2) is 4.39 Å². The van der Waals surface area contributed by atoms with Crippen molar-refractivity contribution in [2.24, 2.45) is 5.10 Å². The topological polar surface area (TPSA) is 45.6 Å². The van der Waals surface area contributed by atoms with Crippen molar-refractivity contribution in [3.8, 4) is 5.75 Å². The van der Waals surface area contributed by atoms with Crippen LogP contribution in [0.1, 0.15) is 5.56 Å². The van der Waals surface area contributed by atoms with Gasteiger partial charge < -0.3 is 10.1 Å². The van der Waals surface area contributed by atoms with E-state index in [-0.39, 0.29) is 15.7 Å². The number of hydrogen-bond acceptors (Lipinski definition) is 3.